The van der Waals surface area contributed by atoms with Crippen molar-refractivity contribution in [3.8, 4) is 0 Å². The smallest absolute Gasteiger partial charge is 0.314 e. The molecular weight excluding hydrogens is 198 g/mol. The molecule has 0 aliphatic rings. The van der Waals surface area contributed by atoms with Crippen LogP contribution in [0.2, 0.25) is 0 Å². The van der Waals surface area contributed by atoms with Gasteiger partial charge in [-0.25, -0.2) is 4.39 Å². The molecule has 0 amide bonds. The number of hydrogen-bond donors (Lipinski definition) is 1. The van der Waals surface area contributed by atoms with E-state index in [4.69, 9.17) is 5.73 Å². The van der Waals surface area contributed by atoms with Crippen LogP contribution in [0, 0.1) is 5.82 Å². The molecule has 0 heterocycles. The molecule has 0 fully saturated rings. The Morgan fingerprint density at radius 2 is 1.64 bits per heavy atom. The summed E-state index contributed by atoms with van der Waals surface area (Å²) in [5.41, 5.74) is 1.85. The summed E-state index contributed by atoms with van der Waals surface area (Å²) in [6.07, 6.45) is -4.67. The van der Waals surface area contributed by atoms with Crippen molar-refractivity contribution in [2.75, 3.05) is 0 Å². The maximum absolute atomic E-state index is 13.0. The van der Waals surface area contributed by atoms with Crippen molar-refractivity contribution in [2.45, 2.75) is 18.6 Å². The van der Waals surface area contributed by atoms with Gasteiger partial charge in [0.2, 0.25) is 0 Å². The molecule has 1 nitrogen and oxygen atoms in total. The van der Waals surface area contributed by atoms with E-state index in [2.05, 4.69) is 0 Å². The summed E-state index contributed by atoms with van der Waals surface area (Å²) in [7, 11) is 0. The Morgan fingerprint density at radius 1 is 1.14 bits per heavy atom. The molecule has 0 spiro atoms. The highest BCUT2D eigenvalue weighted by Gasteiger charge is 2.50. The number of alkyl halides is 3. The first kappa shape index (κ1) is 11.0. The van der Waals surface area contributed by atoms with Crippen LogP contribution in [0.4, 0.5) is 17.6 Å². The van der Waals surface area contributed by atoms with Gasteiger partial charge in [0.25, 0.3) is 0 Å². The first-order chi connectivity index (χ1) is 6.27. The number of benzene rings is 1. The minimum absolute atomic E-state index is 0.549. The number of nitrogens with two attached hydrogens (primary N) is 1. The van der Waals surface area contributed by atoms with Crippen molar-refractivity contribution in [3.63, 3.8) is 0 Å². The van der Waals surface area contributed by atoms with Crippen LogP contribution < -0.4 is 5.73 Å². The van der Waals surface area contributed by atoms with Crippen LogP contribution in [0.25, 0.3) is 0 Å². The zero-order valence-corrected chi connectivity index (χ0v) is 7.40. The van der Waals surface area contributed by atoms with Gasteiger partial charge in [-0.1, -0.05) is 18.2 Å². The molecule has 0 unspecified atom stereocenters. The van der Waals surface area contributed by atoms with Gasteiger partial charge >= 0.3 is 6.18 Å². The Morgan fingerprint density at radius 3 is 2.07 bits per heavy atom. The van der Waals surface area contributed by atoms with Crippen molar-refractivity contribution in [3.05, 3.63) is 35.6 Å². The van der Waals surface area contributed by atoms with Crippen LogP contribution in [-0.4, -0.2) is 6.18 Å². The summed E-state index contributed by atoms with van der Waals surface area (Å²) in [6.45, 7) is 0.741. The van der Waals surface area contributed by atoms with Crippen LogP contribution in [0.3, 0.4) is 0 Å². The maximum atomic E-state index is 13.0. The largest absolute Gasteiger partial charge is 0.410 e. The zero-order chi connectivity index (χ0) is 11.0. The van der Waals surface area contributed by atoms with Crippen molar-refractivity contribution in [2.24, 2.45) is 5.73 Å². The third-order valence-electron chi connectivity index (χ3n) is 2.02. The molecule has 1 aromatic rings. The molecular formula is C9H9F4N. The highest BCUT2D eigenvalue weighted by atomic mass is 19.4. The average molecular weight is 207 g/mol. The molecule has 0 saturated carbocycles. The lowest BCUT2D eigenvalue weighted by molar-refractivity contribution is -0.184. The van der Waals surface area contributed by atoms with E-state index >= 15 is 0 Å². The van der Waals surface area contributed by atoms with Crippen LogP contribution in [0.5, 0.6) is 0 Å². The molecule has 1 rings (SSSR count). The Balaban J connectivity index is 3.23. The summed E-state index contributed by atoms with van der Waals surface area (Å²) >= 11 is 0. The van der Waals surface area contributed by atoms with E-state index in [-0.39, 0.29) is 0 Å². The Labute approximate surface area is 78.5 Å². The lowest BCUT2D eigenvalue weighted by atomic mass is 9.92. The molecule has 2 N–H and O–H groups in total. The monoisotopic (exact) mass is 207 g/mol. The van der Waals surface area contributed by atoms with Crippen molar-refractivity contribution in [1.82, 2.24) is 0 Å². The number of hydrogen-bond acceptors (Lipinski definition) is 1. The second-order valence-corrected chi connectivity index (χ2v) is 3.18. The fraction of sp³-hybridized carbons (Fsp3) is 0.333. The van der Waals surface area contributed by atoms with Gasteiger partial charge in [-0.3, -0.25) is 0 Å². The first-order valence-electron chi connectivity index (χ1n) is 3.87. The molecule has 0 aliphatic heterocycles. The molecule has 78 valence electrons. The van der Waals surface area contributed by atoms with Crippen LogP contribution >= 0.6 is 0 Å². The molecule has 0 saturated heterocycles. The quantitative estimate of drug-likeness (QED) is 0.703. The van der Waals surface area contributed by atoms with Gasteiger partial charge < -0.3 is 5.73 Å². The van der Waals surface area contributed by atoms with Gasteiger partial charge in [0.1, 0.15) is 11.4 Å². The van der Waals surface area contributed by atoms with Gasteiger partial charge in [0, 0.05) is 5.56 Å². The van der Waals surface area contributed by atoms with E-state index in [1.807, 2.05) is 0 Å². The lowest BCUT2D eigenvalue weighted by Gasteiger charge is -2.28. The normalized spacial score (nSPS) is 16.4. The average Bonchev–Trinajstić information content (AvgIpc) is 2.02. The van der Waals surface area contributed by atoms with Gasteiger partial charge in [0.05, 0.1) is 0 Å². The fourth-order valence-corrected chi connectivity index (χ4v) is 1.04. The maximum Gasteiger partial charge on any atom is 0.410 e. The van der Waals surface area contributed by atoms with E-state index in [1.165, 1.54) is 12.1 Å². The summed E-state index contributed by atoms with van der Waals surface area (Å²) in [4.78, 5) is 0. The van der Waals surface area contributed by atoms with Crippen LogP contribution in [-0.2, 0) is 5.54 Å². The van der Waals surface area contributed by atoms with Crippen molar-refractivity contribution >= 4 is 0 Å². The topological polar surface area (TPSA) is 26.0 Å². The van der Waals surface area contributed by atoms with Crippen molar-refractivity contribution < 1.29 is 17.6 Å². The van der Waals surface area contributed by atoms with Gasteiger partial charge in [-0.15, -0.1) is 0 Å². The van der Waals surface area contributed by atoms with Crippen LogP contribution in [0.1, 0.15) is 12.5 Å². The standard InChI is InChI=1S/C9H9F4N/c1-8(14,9(11,12)13)6-4-2-3-5-7(6)10/h2-5H,14H2,1H3/t8-/m1/s1. The number of halogens is 4. The molecule has 0 radical (unpaired) electrons. The predicted octanol–water partition coefficient (Wildman–Crippen LogP) is 2.56. The molecule has 1 aromatic carbocycles. The molecule has 1 atom stereocenters. The van der Waals surface area contributed by atoms with E-state index < -0.39 is 23.1 Å². The van der Waals surface area contributed by atoms with Gasteiger partial charge in [-0.05, 0) is 13.0 Å². The van der Waals surface area contributed by atoms with E-state index in [9.17, 15) is 17.6 Å². The Kier molecular flexibility index (Phi) is 2.54. The minimum atomic E-state index is -4.67. The van der Waals surface area contributed by atoms with Gasteiger partial charge in [0.15, 0.2) is 0 Å². The SMILES string of the molecule is C[C@@](N)(c1ccccc1F)C(F)(F)F. The molecule has 0 aromatic heterocycles. The molecule has 0 aliphatic carbocycles. The van der Waals surface area contributed by atoms with E-state index in [1.54, 1.807) is 0 Å². The van der Waals surface area contributed by atoms with Gasteiger partial charge in [-0.2, -0.15) is 13.2 Å². The molecule has 0 bridgehead atoms. The first-order valence-corrected chi connectivity index (χ1v) is 3.87. The zero-order valence-electron chi connectivity index (χ0n) is 7.40. The highest BCUT2D eigenvalue weighted by molar-refractivity contribution is 5.26. The fourth-order valence-electron chi connectivity index (χ4n) is 1.04. The third kappa shape index (κ3) is 1.72. The second-order valence-electron chi connectivity index (χ2n) is 3.18. The second kappa shape index (κ2) is 3.24. The Hall–Kier alpha value is -1.10. The lowest BCUT2D eigenvalue weighted by Crippen LogP contribution is -2.48. The molecule has 14 heavy (non-hydrogen) atoms. The summed E-state index contributed by atoms with van der Waals surface area (Å²) < 4.78 is 50.3. The van der Waals surface area contributed by atoms with Crippen LogP contribution in [0.15, 0.2) is 24.3 Å². The molecule has 5 heteroatoms. The number of rotatable bonds is 1. The minimum Gasteiger partial charge on any atom is -0.314 e. The highest BCUT2D eigenvalue weighted by Crippen LogP contribution is 2.37. The summed E-state index contributed by atoms with van der Waals surface area (Å²) in [6, 6.07) is 4.61. The van der Waals surface area contributed by atoms with Crippen molar-refractivity contribution in [1.29, 1.82) is 0 Å². The van der Waals surface area contributed by atoms with E-state index in [0.29, 0.717) is 0 Å². The summed E-state index contributed by atoms with van der Waals surface area (Å²) in [5, 5.41) is 0. The predicted molar refractivity (Wildman–Crippen MR) is 44.0 cm³/mol. The third-order valence-corrected chi connectivity index (χ3v) is 2.02. The van der Waals surface area contributed by atoms with E-state index in [0.717, 1.165) is 19.1 Å². The summed E-state index contributed by atoms with van der Waals surface area (Å²) in [5.74, 6) is -0.949. The Bertz CT molecular complexity index is 330.